The van der Waals surface area contributed by atoms with E-state index in [0.717, 1.165) is 6.42 Å². The second kappa shape index (κ2) is 6.11. The van der Waals surface area contributed by atoms with Crippen molar-refractivity contribution in [3.8, 4) is 0 Å². The van der Waals surface area contributed by atoms with E-state index in [1.165, 1.54) is 0 Å². The SMILES string of the molecule is C[C@@H]1C[C@@H]1COC(=O)CCN1C(=O)c2ccccc2N2C(=O)CC[C@@]12C. The molecule has 0 aromatic heterocycles. The Hall–Kier alpha value is -2.37. The van der Waals surface area contributed by atoms with Crippen molar-refractivity contribution in [3.05, 3.63) is 29.8 Å². The number of carbonyl (C=O) groups is 3. The minimum absolute atomic E-state index is 0.0164. The van der Waals surface area contributed by atoms with Gasteiger partial charge in [0, 0.05) is 13.0 Å². The van der Waals surface area contributed by atoms with Crippen LogP contribution >= 0.6 is 0 Å². The Morgan fingerprint density at radius 1 is 1.31 bits per heavy atom. The minimum atomic E-state index is -0.714. The maximum atomic E-state index is 13.0. The van der Waals surface area contributed by atoms with E-state index < -0.39 is 5.66 Å². The molecule has 0 unspecified atom stereocenters. The maximum absolute atomic E-state index is 13.0. The van der Waals surface area contributed by atoms with Gasteiger partial charge in [0.05, 0.1) is 24.3 Å². The molecule has 1 aromatic carbocycles. The zero-order valence-corrected chi connectivity index (χ0v) is 15.2. The van der Waals surface area contributed by atoms with Crippen LogP contribution in [0.15, 0.2) is 24.3 Å². The summed E-state index contributed by atoms with van der Waals surface area (Å²) in [6.45, 7) is 4.78. The van der Waals surface area contributed by atoms with Gasteiger partial charge in [0.2, 0.25) is 5.91 Å². The predicted molar refractivity (Wildman–Crippen MR) is 95.5 cm³/mol. The molecule has 1 aliphatic carbocycles. The first-order valence-corrected chi connectivity index (χ1v) is 9.31. The van der Waals surface area contributed by atoms with Crippen LogP contribution in [0.3, 0.4) is 0 Å². The summed E-state index contributed by atoms with van der Waals surface area (Å²) in [5.74, 6) is 0.735. The van der Waals surface area contributed by atoms with Crippen molar-refractivity contribution in [2.45, 2.75) is 45.2 Å². The number of anilines is 1. The quantitative estimate of drug-likeness (QED) is 0.761. The van der Waals surface area contributed by atoms with Gasteiger partial charge in [-0.05, 0) is 43.7 Å². The molecule has 2 aliphatic heterocycles. The fourth-order valence-corrected chi connectivity index (χ4v) is 4.15. The lowest BCUT2D eigenvalue weighted by Gasteiger charge is -2.48. The molecule has 0 bridgehead atoms. The Balaban J connectivity index is 1.51. The number of benzene rings is 1. The summed E-state index contributed by atoms with van der Waals surface area (Å²) in [5, 5.41) is 0. The summed E-state index contributed by atoms with van der Waals surface area (Å²) in [6, 6.07) is 7.19. The van der Waals surface area contributed by atoms with Gasteiger partial charge < -0.3 is 9.64 Å². The molecule has 138 valence electrons. The zero-order chi connectivity index (χ0) is 18.5. The summed E-state index contributed by atoms with van der Waals surface area (Å²) < 4.78 is 5.34. The fraction of sp³-hybridized carbons (Fsp3) is 0.550. The number of amides is 2. The average Bonchev–Trinajstić information content (AvgIpc) is 3.24. The fourth-order valence-electron chi connectivity index (χ4n) is 4.15. The third kappa shape index (κ3) is 2.68. The molecule has 2 fully saturated rings. The lowest BCUT2D eigenvalue weighted by atomic mass is 9.98. The smallest absolute Gasteiger partial charge is 0.307 e. The number of fused-ring (bicyclic) bond motifs is 3. The summed E-state index contributed by atoms with van der Waals surface area (Å²) in [4.78, 5) is 41.0. The van der Waals surface area contributed by atoms with E-state index in [4.69, 9.17) is 4.74 Å². The molecule has 6 nitrogen and oxygen atoms in total. The van der Waals surface area contributed by atoms with Gasteiger partial charge in [-0.2, -0.15) is 0 Å². The summed E-state index contributed by atoms with van der Waals surface area (Å²) in [5.41, 5.74) is 0.470. The van der Waals surface area contributed by atoms with Crippen LogP contribution in [0.5, 0.6) is 0 Å². The van der Waals surface area contributed by atoms with Crippen molar-refractivity contribution in [1.82, 2.24) is 4.90 Å². The van der Waals surface area contributed by atoms with Gasteiger partial charge in [-0.15, -0.1) is 0 Å². The minimum Gasteiger partial charge on any atom is -0.465 e. The summed E-state index contributed by atoms with van der Waals surface area (Å²) in [7, 11) is 0. The molecule has 2 heterocycles. The third-order valence-electron chi connectivity index (χ3n) is 6.02. The standard InChI is InChI=1S/C20H24N2O4/c1-13-11-14(13)12-26-18(24)8-10-21-19(25)15-5-3-4-6-16(15)22-17(23)7-9-20(21,22)2/h3-6,13-14H,7-12H2,1-2H3/t13-,14-,20+/m1/s1. The van der Waals surface area contributed by atoms with E-state index in [0.29, 0.717) is 42.5 Å². The Bertz CT molecular complexity index is 777. The first kappa shape index (κ1) is 17.1. The second-order valence-electron chi connectivity index (χ2n) is 7.83. The lowest BCUT2D eigenvalue weighted by Crippen LogP contribution is -2.62. The van der Waals surface area contributed by atoms with Gasteiger partial charge in [-0.25, -0.2) is 0 Å². The average molecular weight is 356 g/mol. The van der Waals surface area contributed by atoms with Gasteiger partial charge in [0.15, 0.2) is 0 Å². The number of hydrogen-bond acceptors (Lipinski definition) is 4. The van der Waals surface area contributed by atoms with Crippen LogP contribution in [-0.2, 0) is 14.3 Å². The molecule has 4 rings (SSSR count). The molecule has 0 N–H and O–H groups in total. The van der Waals surface area contributed by atoms with Crippen LogP contribution in [0.4, 0.5) is 5.69 Å². The highest BCUT2D eigenvalue weighted by molar-refractivity contribution is 6.10. The van der Waals surface area contributed by atoms with E-state index in [9.17, 15) is 14.4 Å². The normalized spacial score (nSPS) is 29.5. The maximum Gasteiger partial charge on any atom is 0.307 e. The Morgan fingerprint density at radius 3 is 2.77 bits per heavy atom. The second-order valence-corrected chi connectivity index (χ2v) is 7.83. The largest absolute Gasteiger partial charge is 0.465 e. The molecule has 26 heavy (non-hydrogen) atoms. The van der Waals surface area contributed by atoms with Crippen molar-refractivity contribution in [2.24, 2.45) is 11.8 Å². The van der Waals surface area contributed by atoms with Crippen molar-refractivity contribution >= 4 is 23.5 Å². The van der Waals surface area contributed by atoms with Gasteiger partial charge in [-0.1, -0.05) is 19.1 Å². The van der Waals surface area contributed by atoms with Gasteiger partial charge in [0.1, 0.15) is 5.66 Å². The first-order valence-electron chi connectivity index (χ1n) is 9.31. The van der Waals surface area contributed by atoms with Crippen LogP contribution in [0.25, 0.3) is 0 Å². The van der Waals surface area contributed by atoms with E-state index in [1.54, 1.807) is 21.9 Å². The molecule has 3 aliphatic rings. The number of para-hydroxylation sites is 1. The highest BCUT2D eigenvalue weighted by Crippen LogP contribution is 2.44. The molecule has 1 saturated carbocycles. The van der Waals surface area contributed by atoms with E-state index in [1.807, 2.05) is 19.1 Å². The molecule has 0 spiro atoms. The number of ether oxygens (including phenoxy) is 1. The molecule has 2 amide bonds. The molecular weight excluding hydrogens is 332 g/mol. The molecule has 1 saturated heterocycles. The van der Waals surface area contributed by atoms with Crippen LogP contribution < -0.4 is 4.90 Å². The first-order chi connectivity index (χ1) is 12.4. The number of nitrogens with zero attached hydrogens (tertiary/aromatic N) is 2. The summed E-state index contributed by atoms with van der Waals surface area (Å²) >= 11 is 0. The van der Waals surface area contributed by atoms with Gasteiger partial charge in [0.25, 0.3) is 5.91 Å². The van der Waals surface area contributed by atoms with E-state index in [2.05, 4.69) is 6.92 Å². The third-order valence-corrected chi connectivity index (χ3v) is 6.02. The van der Waals surface area contributed by atoms with Crippen LogP contribution in [-0.4, -0.2) is 41.5 Å². The van der Waals surface area contributed by atoms with Gasteiger partial charge in [-0.3, -0.25) is 19.3 Å². The monoisotopic (exact) mass is 356 g/mol. The predicted octanol–water partition coefficient (Wildman–Crippen LogP) is 2.57. The van der Waals surface area contributed by atoms with Gasteiger partial charge >= 0.3 is 5.97 Å². The number of esters is 1. The van der Waals surface area contributed by atoms with Crippen LogP contribution in [0.1, 0.15) is 49.9 Å². The highest BCUT2D eigenvalue weighted by Gasteiger charge is 2.52. The van der Waals surface area contributed by atoms with Crippen molar-refractivity contribution in [2.75, 3.05) is 18.1 Å². The highest BCUT2D eigenvalue weighted by atomic mass is 16.5. The van der Waals surface area contributed by atoms with Crippen molar-refractivity contribution < 1.29 is 19.1 Å². The lowest BCUT2D eigenvalue weighted by molar-refractivity contribution is -0.144. The van der Waals surface area contributed by atoms with Crippen LogP contribution in [0, 0.1) is 11.8 Å². The topological polar surface area (TPSA) is 66.9 Å². The van der Waals surface area contributed by atoms with Crippen molar-refractivity contribution in [3.63, 3.8) is 0 Å². The molecule has 1 aromatic rings. The zero-order valence-electron chi connectivity index (χ0n) is 15.2. The van der Waals surface area contributed by atoms with E-state index in [-0.39, 0.29) is 30.7 Å². The molecule has 3 atom stereocenters. The van der Waals surface area contributed by atoms with E-state index >= 15 is 0 Å². The molecule has 6 heteroatoms. The van der Waals surface area contributed by atoms with Crippen LogP contribution in [0.2, 0.25) is 0 Å². The Kier molecular flexibility index (Phi) is 4.01. The Labute approximate surface area is 153 Å². The molecule has 0 radical (unpaired) electrons. The Morgan fingerprint density at radius 2 is 2.04 bits per heavy atom. The summed E-state index contributed by atoms with van der Waals surface area (Å²) in [6.07, 6.45) is 2.23. The number of rotatable bonds is 5. The molecular formula is C20H24N2O4. The van der Waals surface area contributed by atoms with Crippen molar-refractivity contribution in [1.29, 1.82) is 0 Å². The number of carbonyl (C=O) groups excluding carboxylic acids is 3. The number of hydrogen-bond donors (Lipinski definition) is 0.